The molecule has 14 heavy (non-hydrogen) atoms. The molecule has 1 unspecified atom stereocenters. The van der Waals surface area contributed by atoms with E-state index in [-0.39, 0.29) is 58.0 Å². The van der Waals surface area contributed by atoms with Crippen molar-refractivity contribution in [3.8, 4) is 0 Å². The zero-order valence-electron chi connectivity index (χ0n) is 6.92. The Morgan fingerprint density at radius 1 is 1.43 bits per heavy atom. The van der Waals surface area contributed by atoms with E-state index in [0.717, 1.165) is 0 Å². The number of hydrogen-bond donors (Lipinski definition) is 2. The fraction of sp³-hybridized carbons (Fsp3) is 0.667. The van der Waals surface area contributed by atoms with Gasteiger partial charge in [0, 0.05) is 0 Å². The summed E-state index contributed by atoms with van der Waals surface area (Å²) in [6.07, 6.45) is 0.00530. The quantitative estimate of drug-likeness (QED) is 0.408. The second kappa shape index (κ2) is 9.40. The topological polar surface area (TPSA) is 93.1 Å². The van der Waals surface area contributed by atoms with E-state index in [1.54, 1.807) is 0 Å². The fourth-order valence-electron chi connectivity index (χ4n) is 0.380. The van der Waals surface area contributed by atoms with E-state index < -0.39 is 29.7 Å². The number of rotatable bonds is 7. The molecule has 0 aromatic rings. The zero-order chi connectivity index (χ0) is 10.3. The summed E-state index contributed by atoms with van der Waals surface area (Å²) in [6, 6.07) is 0. The first-order valence-corrected chi connectivity index (χ1v) is 4.78. The molecule has 0 fully saturated rings. The Labute approximate surface area is 126 Å². The molecule has 0 aromatic carbocycles. The van der Waals surface area contributed by atoms with Gasteiger partial charge in [-0.15, -0.1) is 6.58 Å². The van der Waals surface area contributed by atoms with Crippen molar-refractivity contribution in [2.75, 3.05) is 19.8 Å². The van der Waals surface area contributed by atoms with Crippen LogP contribution in [0.1, 0.15) is 0 Å². The van der Waals surface area contributed by atoms with Gasteiger partial charge in [0.05, 0.1) is 19.8 Å². The van der Waals surface area contributed by atoms with Crippen LogP contribution in [0, 0.1) is 0 Å². The maximum absolute atomic E-state index is 10.7. The van der Waals surface area contributed by atoms with Crippen LogP contribution in [0.15, 0.2) is 12.7 Å². The van der Waals surface area contributed by atoms with Crippen LogP contribution in [0.5, 0.6) is 0 Å². The first-order chi connectivity index (χ1) is 6.02. The average Bonchev–Trinajstić information content (AvgIpc) is 2.11. The molecule has 80 valence electrons. The molecule has 1 atom stereocenters. The number of aliphatic hydroxyl groups is 2. The standard InChI is InChI=1S/C6H12O6S.K.H/c1-2-3-11-13(9,10)12-5-6(8)4-7;;/h2,6-8H,1,3-5H2;;. The molecule has 6 nitrogen and oxygen atoms in total. The zero-order valence-corrected chi connectivity index (χ0v) is 7.74. The molecule has 0 bridgehead atoms. The van der Waals surface area contributed by atoms with Gasteiger partial charge in [-0.05, 0) is 0 Å². The van der Waals surface area contributed by atoms with Crippen molar-refractivity contribution in [1.29, 1.82) is 0 Å². The Hall–Kier alpha value is 1.17. The van der Waals surface area contributed by atoms with Gasteiger partial charge in [-0.3, -0.25) is 0 Å². The Morgan fingerprint density at radius 3 is 2.43 bits per heavy atom. The van der Waals surface area contributed by atoms with Crippen LogP contribution >= 0.6 is 0 Å². The van der Waals surface area contributed by atoms with Crippen LogP contribution in [-0.2, 0) is 18.8 Å². The number of hydrogen-bond acceptors (Lipinski definition) is 6. The van der Waals surface area contributed by atoms with Gasteiger partial charge in [0.25, 0.3) is 0 Å². The summed E-state index contributed by atoms with van der Waals surface area (Å²) < 4.78 is 29.8. The fourth-order valence-corrected chi connectivity index (χ4v) is 1.03. The maximum atomic E-state index is 10.7. The van der Waals surface area contributed by atoms with Crippen LogP contribution in [0.2, 0.25) is 0 Å². The van der Waals surface area contributed by atoms with Crippen LogP contribution < -0.4 is 0 Å². The van der Waals surface area contributed by atoms with Gasteiger partial charge in [-0.25, -0.2) is 8.37 Å². The van der Waals surface area contributed by atoms with Crippen molar-refractivity contribution in [2.24, 2.45) is 0 Å². The van der Waals surface area contributed by atoms with Gasteiger partial charge in [-0.1, -0.05) is 6.08 Å². The number of aliphatic hydroxyl groups excluding tert-OH is 2. The predicted octanol–water partition coefficient (Wildman–Crippen LogP) is -1.84. The summed E-state index contributed by atoms with van der Waals surface area (Å²) in [4.78, 5) is 0. The molecule has 0 spiro atoms. The average molecular weight is 252 g/mol. The Bertz CT molecular complexity index is 239. The van der Waals surface area contributed by atoms with Crippen molar-refractivity contribution in [3.63, 3.8) is 0 Å². The van der Waals surface area contributed by atoms with E-state index in [9.17, 15) is 8.42 Å². The van der Waals surface area contributed by atoms with Gasteiger partial charge in [0.2, 0.25) is 0 Å². The second-order valence-corrected chi connectivity index (χ2v) is 3.39. The molecule has 0 aliphatic rings. The molecule has 0 radical (unpaired) electrons. The summed E-state index contributed by atoms with van der Waals surface area (Å²) in [6.45, 7) is 1.94. The predicted molar refractivity (Wildman–Crippen MR) is 51.3 cm³/mol. The molecule has 8 heteroatoms. The van der Waals surface area contributed by atoms with Gasteiger partial charge >= 0.3 is 61.8 Å². The minimum atomic E-state index is -4.09. The molecule has 0 saturated heterocycles. The van der Waals surface area contributed by atoms with Crippen LogP contribution in [0.25, 0.3) is 0 Å². The van der Waals surface area contributed by atoms with E-state index in [0.29, 0.717) is 0 Å². The molecule has 0 amide bonds. The van der Waals surface area contributed by atoms with Crippen molar-refractivity contribution in [2.45, 2.75) is 6.10 Å². The molecular formula is C6H13KO6S. The van der Waals surface area contributed by atoms with Crippen LogP contribution in [-0.4, -0.2) is 95.9 Å². The molecule has 0 heterocycles. The Balaban J connectivity index is 0. The van der Waals surface area contributed by atoms with E-state index in [1.807, 2.05) is 0 Å². The molecular weight excluding hydrogens is 239 g/mol. The van der Waals surface area contributed by atoms with E-state index in [1.165, 1.54) is 6.08 Å². The Morgan fingerprint density at radius 2 is 2.00 bits per heavy atom. The molecule has 0 aliphatic heterocycles. The first-order valence-electron chi connectivity index (χ1n) is 3.45. The molecule has 0 rings (SSSR count). The molecule has 0 saturated carbocycles. The normalized spacial score (nSPS) is 13.0. The first kappa shape index (κ1) is 17.6. The monoisotopic (exact) mass is 252 g/mol. The SMILES string of the molecule is C=CCOS(=O)(=O)OCC(O)CO.[KH]. The van der Waals surface area contributed by atoms with Gasteiger partial charge < -0.3 is 10.2 Å². The third-order valence-corrected chi connectivity index (χ3v) is 1.80. The van der Waals surface area contributed by atoms with Crippen molar-refractivity contribution in [1.82, 2.24) is 0 Å². The van der Waals surface area contributed by atoms with E-state index in [4.69, 9.17) is 10.2 Å². The summed E-state index contributed by atoms with van der Waals surface area (Å²) >= 11 is 0. The third kappa shape index (κ3) is 9.71. The van der Waals surface area contributed by atoms with Crippen molar-refractivity contribution >= 4 is 61.8 Å². The van der Waals surface area contributed by atoms with Gasteiger partial charge in [0.15, 0.2) is 0 Å². The van der Waals surface area contributed by atoms with E-state index >= 15 is 0 Å². The van der Waals surface area contributed by atoms with Crippen LogP contribution in [0.3, 0.4) is 0 Å². The third-order valence-electron chi connectivity index (χ3n) is 0.946. The summed E-state index contributed by atoms with van der Waals surface area (Å²) in [5.41, 5.74) is 0. The minimum absolute atomic E-state index is 0. The summed E-state index contributed by atoms with van der Waals surface area (Å²) in [7, 11) is -4.09. The van der Waals surface area contributed by atoms with Crippen molar-refractivity contribution < 1.29 is 27.0 Å². The van der Waals surface area contributed by atoms with Gasteiger partial charge in [-0.2, -0.15) is 8.42 Å². The van der Waals surface area contributed by atoms with E-state index in [2.05, 4.69) is 14.9 Å². The molecule has 0 aliphatic carbocycles. The molecule has 2 N–H and O–H groups in total. The Kier molecular flexibility index (Phi) is 11.8. The second-order valence-electron chi connectivity index (χ2n) is 2.10. The van der Waals surface area contributed by atoms with Crippen LogP contribution in [0.4, 0.5) is 0 Å². The summed E-state index contributed by atoms with van der Waals surface area (Å²) in [5.74, 6) is 0. The summed E-state index contributed by atoms with van der Waals surface area (Å²) in [5, 5.41) is 17.1. The van der Waals surface area contributed by atoms with Gasteiger partial charge in [0.1, 0.15) is 6.10 Å². The molecule has 0 aromatic heterocycles. The van der Waals surface area contributed by atoms with Crippen molar-refractivity contribution in [3.05, 3.63) is 12.7 Å².